The van der Waals surface area contributed by atoms with Crippen LogP contribution < -0.4 is 4.72 Å². The molecular weight excluding hydrogens is 269 g/mol. The third-order valence-corrected chi connectivity index (χ3v) is 3.63. The summed E-state index contributed by atoms with van der Waals surface area (Å²) in [5.41, 5.74) is 1.36. The fourth-order valence-electron chi connectivity index (χ4n) is 1.64. The highest BCUT2D eigenvalue weighted by Gasteiger charge is 2.12. The first kappa shape index (κ1) is 11.8. The van der Waals surface area contributed by atoms with Crippen molar-refractivity contribution >= 4 is 27.7 Å². The Morgan fingerprint density at radius 2 is 2.00 bits per heavy atom. The first-order chi connectivity index (χ1) is 9.24. The Labute approximate surface area is 110 Å². The van der Waals surface area contributed by atoms with E-state index in [4.69, 9.17) is 0 Å². The molecule has 0 radical (unpaired) electrons. The number of halogens is 1. The van der Waals surface area contributed by atoms with Crippen LogP contribution in [-0.4, -0.2) is 14.5 Å². The monoisotopic (exact) mass is 277 g/mol. The Kier molecular flexibility index (Phi) is 2.96. The number of benzene rings is 2. The maximum Gasteiger partial charge on any atom is 0.153 e. The fraction of sp³-hybridized carbons (Fsp3) is 0. The molecule has 0 spiro atoms. The van der Waals surface area contributed by atoms with E-state index in [1.165, 1.54) is 18.2 Å². The van der Waals surface area contributed by atoms with Gasteiger partial charge in [0.2, 0.25) is 0 Å². The van der Waals surface area contributed by atoms with Crippen LogP contribution in [0.5, 0.6) is 0 Å². The molecule has 1 unspecified atom stereocenters. The van der Waals surface area contributed by atoms with Crippen molar-refractivity contribution in [3.8, 4) is 0 Å². The highest BCUT2D eigenvalue weighted by molar-refractivity contribution is 7.86. The van der Waals surface area contributed by atoms with Crippen LogP contribution in [0.4, 0.5) is 10.1 Å². The van der Waals surface area contributed by atoms with Gasteiger partial charge in [0, 0.05) is 5.69 Å². The molecule has 96 valence electrons. The highest BCUT2D eigenvalue weighted by Crippen LogP contribution is 2.20. The molecule has 7 heteroatoms. The van der Waals surface area contributed by atoms with Gasteiger partial charge in [-0.2, -0.15) is 0 Å². The summed E-state index contributed by atoms with van der Waals surface area (Å²) in [6, 6.07) is 10.8. The maximum absolute atomic E-state index is 13.0. The normalized spacial score (nSPS) is 12.5. The number of nitrogens with zero attached hydrogens (tertiary/aromatic N) is 2. The molecule has 0 saturated carbocycles. The van der Waals surface area contributed by atoms with Crippen LogP contribution in [-0.2, 0) is 11.0 Å². The molecule has 19 heavy (non-hydrogen) atoms. The van der Waals surface area contributed by atoms with Gasteiger partial charge in [-0.05, 0) is 40.6 Å². The topological polar surface area (TPSA) is 68.0 Å². The third-order valence-electron chi connectivity index (χ3n) is 2.48. The van der Waals surface area contributed by atoms with Gasteiger partial charge in [0.15, 0.2) is 16.5 Å². The first-order valence-electron chi connectivity index (χ1n) is 5.39. The lowest BCUT2D eigenvalue weighted by Gasteiger charge is -2.05. The maximum atomic E-state index is 13.0. The van der Waals surface area contributed by atoms with Gasteiger partial charge in [-0.25, -0.2) is 13.2 Å². The van der Waals surface area contributed by atoms with Crippen molar-refractivity contribution in [1.82, 2.24) is 10.3 Å². The molecule has 0 aliphatic carbocycles. The molecule has 5 nitrogen and oxygen atoms in total. The minimum Gasteiger partial charge on any atom is -0.301 e. The van der Waals surface area contributed by atoms with Crippen molar-refractivity contribution in [1.29, 1.82) is 0 Å². The third kappa shape index (κ3) is 2.32. The summed E-state index contributed by atoms with van der Waals surface area (Å²) >= 11 is 0. The zero-order valence-corrected chi connectivity index (χ0v) is 10.4. The SMILES string of the molecule is O=S(Nc1cccc(F)c1)c1cccc2nonc12. The summed E-state index contributed by atoms with van der Waals surface area (Å²) in [7, 11) is -1.57. The highest BCUT2D eigenvalue weighted by atomic mass is 32.2. The first-order valence-corrected chi connectivity index (χ1v) is 6.54. The predicted molar refractivity (Wildman–Crippen MR) is 68.2 cm³/mol. The van der Waals surface area contributed by atoms with Crippen molar-refractivity contribution < 1.29 is 13.2 Å². The van der Waals surface area contributed by atoms with E-state index in [9.17, 15) is 8.60 Å². The Morgan fingerprint density at radius 1 is 1.16 bits per heavy atom. The molecule has 0 saturated heterocycles. The van der Waals surface area contributed by atoms with E-state index >= 15 is 0 Å². The van der Waals surface area contributed by atoms with Crippen LogP contribution in [0.25, 0.3) is 11.0 Å². The molecular formula is C12H8FN3O2S. The number of anilines is 1. The summed E-state index contributed by atoms with van der Waals surface area (Å²) < 4.78 is 32.6. The van der Waals surface area contributed by atoms with E-state index in [1.807, 2.05) is 0 Å². The standard InChI is InChI=1S/C12H8FN3O2S/c13-8-3-1-4-9(7-8)16-19(17)11-6-2-5-10-12(11)15-18-14-10/h1-7,16H. The Bertz CT molecular complexity index is 759. The predicted octanol–water partition coefficient (Wildman–Crippen LogP) is 2.50. The second-order valence-electron chi connectivity index (χ2n) is 3.77. The second-order valence-corrected chi connectivity index (χ2v) is 4.95. The largest absolute Gasteiger partial charge is 0.301 e. The molecule has 1 heterocycles. The van der Waals surface area contributed by atoms with Crippen molar-refractivity contribution in [3.63, 3.8) is 0 Å². The van der Waals surface area contributed by atoms with Crippen molar-refractivity contribution in [2.75, 3.05) is 4.72 Å². The molecule has 1 atom stereocenters. The van der Waals surface area contributed by atoms with Crippen molar-refractivity contribution in [3.05, 3.63) is 48.3 Å². The molecule has 0 bridgehead atoms. The Hall–Kier alpha value is -2.28. The van der Waals surface area contributed by atoms with Crippen molar-refractivity contribution in [2.24, 2.45) is 0 Å². The minimum absolute atomic E-state index is 0.400. The molecule has 3 rings (SSSR count). The van der Waals surface area contributed by atoms with Crippen LogP contribution in [0.3, 0.4) is 0 Å². The molecule has 0 amide bonds. The summed E-state index contributed by atoms with van der Waals surface area (Å²) in [6.07, 6.45) is 0. The van der Waals surface area contributed by atoms with Gasteiger partial charge in [0.1, 0.15) is 11.3 Å². The molecule has 0 fully saturated rings. The number of aromatic nitrogens is 2. The smallest absolute Gasteiger partial charge is 0.153 e. The van der Waals surface area contributed by atoms with Gasteiger partial charge in [-0.1, -0.05) is 12.1 Å². The summed E-state index contributed by atoms with van der Waals surface area (Å²) in [5, 5.41) is 7.38. The lowest BCUT2D eigenvalue weighted by molar-refractivity contribution is 0.315. The Morgan fingerprint density at radius 3 is 2.84 bits per heavy atom. The van der Waals surface area contributed by atoms with Gasteiger partial charge in [0.25, 0.3) is 0 Å². The van der Waals surface area contributed by atoms with Gasteiger partial charge in [-0.15, -0.1) is 0 Å². The molecule has 2 aromatic carbocycles. The number of hydrogen-bond donors (Lipinski definition) is 1. The van der Waals surface area contributed by atoms with Crippen LogP contribution in [0.2, 0.25) is 0 Å². The van der Waals surface area contributed by atoms with Crippen molar-refractivity contribution in [2.45, 2.75) is 4.90 Å². The summed E-state index contributed by atoms with van der Waals surface area (Å²) in [5.74, 6) is -0.400. The van der Waals surface area contributed by atoms with E-state index in [2.05, 4.69) is 19.7 Å². The number of rotatable bonds is 3. The number of nitrogens with one attached hydrogen (secondary N) is 1. The van der Waals surface area contributed by atoms with Crippen LogP contribution in [0.1, 0.15) is 0 Å². The number of fused-ring (bicyclic) bond motifs is 1. The van der Waals surface area contributed by atoms with Gasteiger partial charge in [0.05, 0.1) is 4.90 Å². The second kappa shape index (κ2) is 4.77. The van der Waals surface area contributed by atoms with Gasteiger partial charge in [-0.3, -0.25) is 0 Å². The average Bonchev–Trinajstić information content (AvgIpc) is 2.86. The van der Waals surface area contributed by atoms with E-state index < -0.39 is 16.8 Å². The van der Waals surface area contributed by atoms with Gasteiger partial charge < -0.3 is 4.72 Å². The zero-order chi connectivity index (χ0) is 13.2. The fourth-order valence-corrected chi connectivity index (χ4v) is 2.62. The Balaban J connectivity index is 1.94. The molecule has 3 aromatic rings. The van der Waals surface area contributed by atoms with Crippen LogP contribution in [0, 0.1) is 5.82 Å². The van der Waals surface area contributed by atoms with Gasteiger partial charge >= 0.3 is 0 Å². The molecule has 0 aliphatic heterocycles. The molecule has 0 aliphatic rings. The van der Waals surface area contributed by atoms with Crippen LogP contribution in [0.15, 0.2) is 52.0 Å². The van der Waals surface area contributed by atoms with Crippen LogP contribution >= 0.6 is 0 Å². The molecule has 1 aromatic heterocycles. The minimum atomic E-state index is -1.57. The van der Waals surface area contributed by atoms with E-state index in [-0.39, 0.29) is 0 Å². The lowest BCUT2D eigenvalue weighted by atomic mass is 10.3. The quantitative estimate of drug-likeness (QED) is 0.798. The molecule has 1 N–H and O–H groups in total. The van der Waals surface area contributed by atoms with E-state index in [0.717, 1.165) is 0 Å². The number of hydrogen-bond acceptors (Lipinski definition) is 4. The average molecular weight is 277 g/mol. The lowest BCUT2D eigenvalue weighted by Crippen LogP contribution is -2.05. The zero-order valence-electron chi connectivity index (χ0n) is 9.54. The van der Waals surface area contributed by atoms with E-state index in [1.54, 1.807) is 24.3 Å². The summed E-state index contributed by atoms with van der Waals surface area (Å²) in [4.78, 5) is 0.433. The van der Waals surface area contributed by atoms with E-state index in [0.29, 0.717) is 21.6 Å². The summed E-state index contributed by atoms with van der Waals surface area (Å²) in [6.45, 7) is 0.